The molecule has 0 aromatic rings. The molecule has 0 spiro atoms. The molecule has 2 aliphatic rings. The van der Waals surface area contributed by atoms with Gasteiger partial charge in [-0.1, -0.05) is 32.1 Å². The van der Waals surface area contributed by atoms with Gasteiger partial charge in [0.15, 0.2) is 0 Å². The lowest BCUT2D eigenvalue weighted by Crippen LogP contribution is -2.53. The second kappa shape index (κ2) is 5.50. The quantitative estimate of drug-likeness (QED) is 0.795. The highest BCUT2D eigenvalue weighted by Crippen LogP contribution is 2.39. The molecule has 94 valence electrons. The van der Waals surface area contributed by atoms with Gasteiger partial charge >= 0.3 is 0 Å². The van der Waals surface area contributed by atoms with Gasteiger partial charge in [-0.3, -0.25) is 4.90 Å². The van der Waals surface area contributed by atoms with Crippen molar-refractivity contribution in [3.8, 4) is 0 Å². The van der Waals surface area contributed by atoms with E-state index in [0.717, 1.165) is 12.5 Å². The zero-order valence-electron chi connectivity index (χ0n) is 10.9. The molecule has 0 aromatic carbocycles. The molecule has 2 heteroatoms. The molecule has 1 saturated heterocycles. The molecule has 2 N–H and O–H groups in total. The monoisotopic (exact) mass is 224 g/mol. The third-order valence-electron chi connectivity index (χ3n) is 4.48. The molecule has 16 heavy (non-hydrogen) atoms. The van der Waals surface area contributed by atoms with Crippen LogP contribution in [0.25, 0.3) is 0 Å². The van der Waals surface area contributed by atoms with Crippen molar-refractivity contribution in [2.45, 2.75) is 63.8 Å². The molecule has 0 radical (unpaired) electrons. The van der Waals surface area contributed by atoms with Gasteiger partial charge in [-0.2, -0.15) is 0 Å². The summed E-state index contributed by atoms with van der Waals surface area (Å²) in [6.07, 6.45) is 11.3. The summed E-state index contributed by atoms with van der Waals surface area (Å²) < 4.78 is 0. The second-order valence-corrected chi connectivity index (χ2v) is 6.10. The number of likely N-dealkylation sites (tertiary alicyclic amines) is 1. The van der Waals surface area contributed by atoms with Crippen LogP contribution >= 0.6 is 0 Å². The molecule has 0 aromatic heterocycles. The van der Waals surface area contributed by atoms with Gasteiger partial charge in [0.2, 0.25) is 0 Å². The molecule has 1 unspecified atom stereocenters. The van der Waals surface area contributed by atoms with E-state index in [1.165, 1.54) is 64.5 Å². The predicted molar refractivity (Wildman–Crippen MR) is 69.5 cm³/mol. The molecule has 0 bridgehead atoms. The van der Waals surface area contributed by atoms with E-state index >= 15 is 0 Å². The molecular formula is C14H28N2. The molecule has 1 heterocycles. The average molecular weight is 224 g/mol. The first-order valence-corrected chi connectivity index (χ1v) is 7.20. The van der Waals surface area contributed by atoms with Crippen molar-refractivity contribution in [1.82, 2.24) is 4.90 Å². The van der Waals surface area contributed by atoms with E-state index in [4.69, 9.17) is 5.73 Å². The van der Waals surface area contributed by atoms with Crippen molar-refractivity contribution < 1.29 is 0 Å². The molecular weight excluding hydrogens is 196 g/mol. The smallest absolute Gasteiger partial charge is 0.0306 e. The number of nitrogens with two attached hydrogens (primary N) is 1. The standard InChI is InChI=1S/C14H28N2/c1-14(12-15,11-13-7-8-13)16-9-5-3-2-4-6-10-16/h13H,2-12,15H2,1H3. The summed E-state index contributed by atoms with van der Waals surface area (Å²) in [7, 11) is 0. The molecule has 1 atom stereocenters. The van der Waals surface area contributed by atoms with Crippen LogP contribution in [0.2, 0.25) is 0 Å². The Labute approximate surface area is 101 Å². The zero-order valence-corrected chi connectivity index (χ0v) is 10.9. The predicted octanol–water partition coefficient (Wildman–Crippen LogP) is 2.77. The van der Waals surface area contributed by atoms with Crippen LogP contribution in [0.5, 0.6) is 0 Å². The Kier molecular flexibility index (Phi) is 4.26. The fourth-order valence-electron chi connectivity index (χ4n) is 3.07. The summed E-state index contributed by atoms with van der Waals surface area (Å²) in [5.74, 6) is 0.985. The summed E-state index contributed by atoms with van der Waals surface area (Å²) in [4.78, 5) is 2.70. The summed E-state index contributed by atoms with van der Waals surface area (Å²) in [6, 6.07) is 0. The number of hydrogen-bond donors (Lipinski definition) is 1. The highest BCUT2D eigenvalue weighted by atomic mass is 15.2. The Hall–Kier alpha value is -0.0800. The van der Waals surface area contributed by atoms with Gasteiger partial charge < -0.3 is 5.73 Å². The van der Waals surface area contributed by atoms with Crippen LogP contribution in [0.4, 0.5) is 0 Å². The lowest BCUT2D eigenvalue weighted by Gasteiger charge is -2.42. The van der Waals surface area contributed by atoms with Gasteiger partial charge in [-0.25, -0.2) is 0 Å². The van der Waals surface area contributed by atoms with Crippen LogP contribution < -0.4 is 5.73 Å². The van der Waals surface area contributed by atoms with Crippen LogP contribution in [-0.4, -0.2) is 30.1 Å². The van der Waals surface area contributed by atoms with Crippen LogP contribution in [0.3, 0.4) is 0 Å². The van der Waals surface area contributed by atoms with Gasteiger partial charge in [0.1, 0.15) is 0 Å². The van der Waals surface area contributed by atoms with Crippen molar-refractivity contribution in [2.24, 2.45) is 11.7 Å². The maximum Gasteiger partial charge on any atom is 0.0306 e. The molecule has 2 fully saturated rings. The van der Waals surface area contributed by atoms with Crippen molar-refractivity contribution in [1.29, 1.82) is 0 Å². The third kappa shape index (κ3) is 3.21. The van der Waals surface area contributed by atoms with Crippen LogP contribution in [0, 0.1) is 5.92 Å². The minimum absolute atomic E-state index is 0.290. The van der Waals surface area contributed by atoms with E-state index in [0.29, 0.717) is 5.54 Å². The normalized spacial score (nSPS) is 28.1. The Morgan fingerprint density at radius 1 is 1.06 bits per heavy atom. The molecule has 1 aliphatic heterocycles. The Morgan fingerprint density at radius 3 is 2.12 bits per heavy atom. The molecule has 2 nitrogen and oxygen atoms in total. The lowest BCUT2D eigenvalue weighted by molar-refractivity contribution is 0.0860. The second-order valence-electron chi connectivity index (χ2n) is 6.10. The van der Waals surface area contributed by atoms with Crippen molar-refractivity contribution in [2.75, 3.05) is 19.6 Å². The average Bonchev–Trinajstić information content (AvgIpc) is 3.00. The Bertz CT molecular complexity index is 205. The highest BCUT2D eigenvalue weighted by Gasteiger charge is 2.36. The summed E-state index contributed by atoms with van der Waals surface area (Å²) in [5.41, 5.74) is 6.35. The summed E-state index contributed by atoms with van der Waals surface area (Å²) in [6.45, 7) is 5.79. The maximum atomic E-state index is 6.06. The Morgan fingerprint density at radius 2 is 1.62 bits per heavy atom. The lowest BCUT2D eigenvalue weighted by atomic mass is 9.91. The summed E-state index contributed by atoms with van der Waals surface area (Å²) in [5, 5.41) is 0. The van der Waals surface area contributed by atoms with E-state index in [1.807, 2.05) is 0 Å². The van der Waals surface area contributed by atoms with E-state index in [-0.39, 0.29) is 0 Å². The first-order chi connectivity index (χ1) is 7.74. The zero-order chi connectivity index (χ0) is 11.4. The molecule has 1 aliphatic carbocycles. The van der Waals surface area contributed by atoms with Gasteiger partial charge in [0.25, 0.3) is 0 Å². The number of hydrogen-bond acceptors (Lipinski definition) is 2. The first-order valence-electron chi connectivity index (χ1n) is 7.20. The number of rotatable bonds is 4. The minimum Gasteiger partial charge on any atom is -0.329 e. The highest BCUT2D eigenvalue weighted by molar-refractivity contribution is 4.93. The van der Waals surface area contributed by atoms with Crippen molar-refractivity contribution in [3.63, 3.8) is 0 Å². The van der Waals surface area contributed by atoms with E-state index in [1.54, 1.807) is 0 Å². The molecule has 0 amide bonds. The SMILES string of the molecule is CC(CN)(CC1CC1)N1CCCCCCC1. The maximum absolute atomic E-state index is 6.06. The van der Waals surface area contributed by atoms with Gasteiger partial charge in [0.05, 0.1) is 0 Å². The summed E-state index contributed by atoms with van der Waals surface area (Å²) >= 11 is 0. The van der Waals surface area contributed by atoms with Crippen LogP contribution in [0.1, 0.15) is 58.3 Å². The topological polar surface area (TPSA) is 29.3 Å². The van der Waals surface area contributed by atoms with E-state index in [2.05, 4.69) is 11.8 Å². The molecule has 2 rings (SSSR count). The molecule has 1 saturated carbocycles. The van der Waals surface area contributed by atoms with Crippen LogP contribution in [-0.2, 0) is 0 Å². The van der Waals surface area contributed by atoms with Gasteiger partial charge in [-0.15, -0.1) is 0 Å². The Balaban J connectivity index is 1.92. The number of nitrogens with zero attached hydrogens (tertiary/aromatic N) is 1. The van der Waals surface area contributed by atoms with Gasteiger partial charge in [0, 0.05) is 12.1 Å². The van der Waals surface area contributed by atoms with E-state index < -0.39 is 0 Å². The fraction of sp³-hybridized carbons (Fsp3) is 1.00. The van der Waals surface area contributed by atoms with Crippen molar-refractivity contribution in [3.05, 3.63) is 0 Å². The van der Waals surface area contributed by atoms with Gasteiger partial charge in [-0.05, 0) is 45.2 Å². The fourth-order valence-corrected chi connectivity index (χ4v) is 3.07. The first kappa shape index (κ1) is 12.4. The van der Waals surface area contributed by atoms with E-state index in [9.17, 15) is 0 Å². The largest absolute Gasteiger partial charge is 0.329 e. The van der Waals surface area contributed by atoms with Crippen LogP contribution in [0.15, 0.2) is 0 Å². The minimum atomic E-state index is 0.290. The van der Waals surface area contributed by atoms with Crippen molar-refractivity contribution >= 4 is 0 Å². The third-order valence-corrected chi connectivity index (χ3v) is 4.48.